The van der Waals surface area contributed by atoms with E-state index in [4.69, 9.17) is 4.74 Å². The summed E-state index contributed by atoms with van der Waals surface area (Å²) in [6.07, 6.45) is 1.63. The van der Waals surface area contributed by atoms with Crippen LogP contribution in [0.5, 0.6) is 11.5 Å². The topological polar surface area (TPSA) is 103 Å². The van der Waals surface area contributed by atoms with Crippen LogP contribution in [0.15, 0.2) is 84.6 Å². The molecule has 1 aliphatic rings. The SMILES string of the molecule is CC(C)(C)Oc1ccccc1CN1C(=O)C(=O)/C(=C(\O)c2c[nH]c3ccccc23)C1c1ccc(O)cc1. The lowest BCUT2D eigenvalue weighted by atomic mass is 9.95. The van der Waals surface area contributed by atoms with Crippen molar-refractivity contribution in [3.05, 3.63) is 101 Å². The highest BCUT2D eigenvalue weighted by Gasteiger charge is 2.46. The number of rotatable bonds is 5. The number of para-hydroxylation sites is 2. The van der Waals surface area contributed by atoms with Crippen molar-refractivity contribution >= 4 is 28.4 Å². The fourth-order valence-corrected chi connectivity index (χ4v) is 4.71. The van der Waals surface area contributed by atoms with E-state index in [0.717, 1.165) is 16.5 Å². The van der Waals surface area contributed by atoms with E-state index in [1.54, 1.807) is 18.3 Å². The number of aliphatic hydroxyl groups is 1. The van der Waals surface area contributed by atoms with Crippen molar-refractivity contribution in [3.63, 3.8) is 0 Å². The van der Waals surface area contributed by atoms with E-state index >= 15 is 0 Å². The molecule has 0 bridgehead atoms. The summed E-state index contributed by atoms with van der Waals surface area (Å²) in [5, 5.41) is 22.1. The molecule has 2 heterocycles. The highest BCUT2D eigenvalue weighted by atomic mass is 16.5. The second kappa shape index (κ2) is 9.17. The number of ketones is 1. The molecule has 1 unspecified atom stereocenters. The fraction of sp³-hybridized carbons (Fsp3) is 0.200. The first-order valence-corrected chi connectivity index (χ1v) is 12.0. The van der Waals surface area contributed by atoms with Crippen molar-refractivity contribution in [3.8, 4) is 11.5 Å². The van der Waals surface area contributed by atoms with Gasteiger partial charge in [-0.05, 0) is 50.6 Å². The van der Waals surface area contributed by atoms with Gasteiger partial charge in [0.1, 0.15) is 22.9 Å². The Morgan fingerprint density at radius 2 is 1.65 bits per heavy atom. The van der Waals surface area contributed by atoms with Crippen LogP contribution >= 0.6 is 0 Å². The first kappa shape index (κ1) is 24.2. The molecule has 3 aromatic carbocycles. The van der Waals surface area contributed by atoms with Crippen LogP contribution in [0.1, 0.15) is 43.5 Å². The maximum atomic E-state index is 13.4. The first-order chi connectivity index (χ1) is 17.6. The normalized spacial score (nSPS) is 17.5. The van der Waals surface area contributed by atoms with Crippen molar-refractivity contribution in [2.45, 2.75) is 39.0 Å². The summed E-state index contributed by atoms with van der Waals surface area (Å²) in [5.41, 5.74) is 2.09. The molecule has 4 aromatic rings. The third-order valence-electron chi connectivity index (χ3n) is 6.32. The molecule has 3 N–H and O–H groups in total. The zero-order valence-electron chi connectivity index (χ0n) is 20.9. The van der Waals surface area contributed by atoms with E-state index < -0.39 is 23.3 Å². The van der Waals surface area contributed by atoms with Gasteiger partial charge in [-0.1, -0.05) is 48.5 Å². The molecule has 1 atom stereocenters. The van der Waals surface area contributed by atoms with Gasteiger partial charge in [0.2, 0.25) is 0 Å². The summed E-state index contributed by atoms with van der Waals surface area (Å²) in [6, 6.07) is 20.2. The Morgan fingerprint density at radius 1 is 0.973 bits per heavy atom. The Kier molecular flexibility index (Phi) is 5.99. The Balaban J connectivity index is 1.65. The summed E-state index contributed by atoms with van der Waals surface area (Å²) in [7, 11) is 0. The van der Waals surface area contributed by atoms with E-state index in [1.807, 2.05) is 69.3 Å². The quantitative estimate of drug-likeness (QED) is 0.188. The maximum Gasteiger partial charge on any atom is 0.295 e. The van der Waals surface area contributed by atoms with Crippen molar-refractivity contribution in [2.24, 2.45) is 0 Å². The van der Waals surface area contributed by atoms with Gasteiger partial charge in [0.15, 0.2) is 0 Å². The van der Waals surface area contributed by atoms with Crippen molar-refractivity contribution in [1.29, 1.82) is 0 Å². The van der Waals surface area contributed by atoms with Gasteiger partial charge in [-0.15, -0.1) is 0 Å². The number of nitrogens with one attached hydrogen (secondary N) is 1. The van der Waals surface area contributed by atoms with Gasteiger partial charge in [0, 0.05) is 28.2 Å². The van der Waals surface area contributed by atoms with E-state index in [9.17, 15) is 19.8 Å². The first-order valence-electron chi connectivity index (χ1n) is 12.0. The number of benzene rings is 3. The molecule has 0 radical (unpaired) electrons. The number of nitrogens with zero attached hydrogens (tertiary/aromatic N) is 1. The zero-order chi connectivity index (χ0) is 26.3. The minimum Gasteiger partial charge on any atom is -0.508 e. The number of aromatic amines is 1. The number of H-pyrrole nitrogens is 1. The average molecular weight is 497 g/mol. The number of fused-ring (bicyclic) bond motifs is 1. The highest BCUT2D eigenvalue weighted by molar-refractivity contribution is 6.46. The predicted octanol–water partition coefficient (Wildman–Crippen LogP) is 5.67. The predicted molar refractivity (Wildman–Crippen MR) is 141 cm³/mol. The van der Waals surface area contributed by atoms with Crippen LogP contribution in [0.4, 0.5) is 0 Å². The molecule has 0 aliphatic carbocycles. The summed E-state index contributed by atoms with van der Waals surface area (Å²) >= 11 is 0. The number of phenolic OH excluding ortho intramolecular Hbond substituents is 1. The van der Waals surface area contributed by atoms with Crippen LogP contribution in [0.3, 0.4) is 0 Å². The summed E-state index contributed by atoms with van der Waals surface area (Å²) in [4.78, 5) is 31.4. The molecule has 1 saturated heterocycles. The molecule has 1 aromatic heterocycles. The molecule has 1 aliphatic heterocycles. The number of phenols is 1. The number of aromatic hydroxyl groups is 1. The van der Waals surface area contributed by atoms with E-state index in [-0.39, 0.29) is 23.6 Å². The van der Waals surface area contributed by atoms with Gasteiger partial charge < -0.3 is 24.8 Å². The molecule has 5 rings (SSSR count). The smallest absolute Gasteiger partial charge is 0.295 e. The lowest BCUT2D eigenvalue weighted by molar-refractivity contribution is -0.140. The largest absolute Gasteiger partial charge is 0.508 e. The number of carbonyl (C=O) groups is 2. The van der Waals surface area contributed by atoms with Crippen molar-refractivity contribution < 1.29 is 24.5 Å². The highest BCUT2D eigenvalue weighted by Crippen LogP contribution is 2.42. The molecule has 0 spiro atoms. The lowest BCUT2D eigenvalue weighted by Gasteiger charge is -2.28. The van der Waals surface area contributed by atoms with Crippen LogP contribution in [-0.4, -0.2) is 37.4 Å². The second-order valence-corrected chi connectivity index (χ2v) is 10.1. The second-order valence-electron chi connectivity index (χ2n) is 10.1. The van der Waals surface area contributed by atoms with Gasteiger partial charge in [-0.3, -0.25) is 9.59 Å². The Labute approximate surface area is 214 Å². The van der Waals surface area contributed by atoms with Crippen LogP contribution in [0, 0.1) is 0 Å². The Bertz CT molecular complexity index is 1530. The number of aliphatic hydroxyl groups excluding tert-OH is 1. The third-order valence-corrected chi connectivity index (χ3v) is 6.32. The average Bonchev–Trinajstić information content (AvgIpc) is 3.39. The van der Waals surface area contributed by atoms with Gasteiger partial charge in [0.05, 0.1) is 18.2 Å². The van der Waals surface area contributed by atoms with Crippen LogP contribution in [-0.2, 0) is 16.1 Å². The fourth-order valence-electron chi connectivity index (χ4n) is 4.71. The van der Waals surface area contributed by atoms with Crippen LogP contribution in [0.25, 0.3) is 16.7 Å². The minimum atomic E-state index is -0.864. The number of carbonyl (C=O) groups excluding carboxylic acids is 2. The van der Waals surface area contributed by atoms with E-state index in [1.165, 1.54) is 17.0 Å². The zero-order valence-corrected chi connectivity index (χ0v) is 20.9. The number of hydrogen-bond donors (Lipinski definition) is 3. The van der Waals surface area contributed by atoms with Crippen molar-refractivity contribution in [1.82, 2.24) is 9.88 Å². The molecule has 1 amide bonds. The number of hydrogen-bond acceptors (Lipinski definition) is 5. The standard InChI is InChI=1S/C30H28N2O5/c1-30(2,3)37-24-11-7-4-8-19(24)17-32-26(18-12-14-20(33)15-13-18)25(28(35)29(32)36)27(34)22-16-31-23-10-6-5-9-21(22)23/h4-16,26,31,33-34H,17H2,1-3H3/b27-25-. The Morgan fingerprint density at radius 3 is 2.38 bits per heavy atom. The monoisotopic (exact) mass is 496 g/mol. The van der Waals surface area contributed by atoms with E-state index in [0.29, 0.717) is 16.9 Å². The van der Waals surface area contributed by atoms with Gasteiger partial charge in [-0.25, -0.2) is 0 Å². The minimum absolute atomic E-state index is 0.00494. The molecular weight excluding hydrogens is 468 g/mol. The number of Topliss-reactive ketones (excluding diaryl/α,β-unsaturated/α-hetero) is 1. The van der Waals surface area contributed by atoms with Gasteiger partial charge in [0.25, 0.3) is 11.7 Å². The molecule has 188 valence electrons. The number of aromatic nitrogens is 1. The maximum absolute atomic E-state index is 13.4. The summed E-state index contributed by atoms with van der Waals surface area (Å²) in [6.45, 7) is 5.90. The molecule has 37 heavy (non-hydrogen) atoms. The van der Waals surface area contributed by atoms with Crippen molar-refractivity contribution in [2.75, 3.05) is 0 Å². The van der Waals surface area contributed by atoms with Gasteiger partial charge in [-0.2, -0.15) is 0 Å². The summed E-state index contributed by atoms with van der Waals surface area (Å²) < 4.78 is 6.12. The Hall–Kier alpha value is -4.52. The number of likely N-dealkylation sites (tertiary alicyclic amines) is 1. The lowest BCUT2D eigenvalue weighted by Crippen LogP contribution is -2.30. The molecule has 1 fully saturated rings. The van der Waals surface area contributed by atoms with Gasteiger partial charge >= 0.3 is 0 Å². The molecule has 7 nitrogen and oxygen atoms in total. The van der Waals surface area contributed by atoms with Crippen LogP contribution in [0.2, 0.25) is 0 Å². The van der Waals surface area contributed by atoms with E-state index in [2.05, 4.69) is 4.98 Å². The third kappa shape index (κ3) is 4.56. The molecular formula is C30H28N2O5. The summed E-state index contributed by atoms with van der Waals surface area (Å²) in [5.74, 6) is -1.07. The number of amides is 1. The molecule has 0 saturated carbocycles. The molecule has 7 heteroatoms. The van der Waals surface area contributed by atoms with Crippen LogP contribution < -0.4 is 4.74 Å². The number of ether oxygens (including phenoxy) is 1.